The average Bonchev–Trinajstić information content (AvgIpc) is 3.07. The minimum absolute atomic E-state index is 0.166. The fourth-order valence-corrected chi connectivity index (χ4v) is 3.69. The smallest absolute Gasteiger partial charge is 0.234 e. The summed E-state index contributed by atoms with van der Waals surface area (Å²) in [5.74, 6) is 1.76. The summed E-state index contributed by atoms with van der Waals surface area (Å²) >= 11 is 13.3. The molecule has 1 N–H and O–H groups in total. The standard InChI is InChI=1S/C20H20Cl2N4O3S/c1-3-28-17-7-5-4-6-15(17)23-19(27)12-30-20-25-24-18(26(20)2)11-29-16-9-8-13(21)10-14(16)22/h4-10H,3,11-12H2,1-2H3,(H,23,27). The molecule has 0 fully saturated rings. The molecule has 2 aromatic carbocycles. The van der Waals surface area contributed by atoms with Crippen LogP contribution in [0.25, 0.3) is 0 Å². The number of hydrogen-bond acceptors (Lipinski definition) is 6. The first kappa shape index (κ1) is 22.3. The summed E-state index contributed by atoms with van der Waals surface area (Å²) in [5.41, 5.74) is 0.636. The van der Waals surface area contributed by atoms with Crippen molar-refractivity contribution < 1.29 is 14.3 Å². The molecule has 3 rings (SSSR count). The van der Waals surface area contributed by atoms with Crippen LogP contribution in [-0.2, 0) is 18.4 Å². The van der Waals surface area contributed by atoms with E-state index in [0.29, 0.717) is 44.8 Å². The zero-order valence-electron chi connectivity index (χ0n) is 16.4. The van der Waals surface area contributed by atoms with Gasteiger partial charge in [0.05, 0.1) is 23.1 Å². The second-order valence-corrected chi connectivity index (χ2v) is 7.87. The predicted molar refractivity (Wildman–Crippen MR) is 119 cm³/mol. The van der Waals surface area contributed by atoms with Crippen LogP contribution in [0.1, 0.15) is 12.7 Å². The monoisotopic (exact) mass is 466 g/mol. The third kappa shape index (κ3) is 5.81. The van der Waals surface area contributed by atoms with Crippen LogP contribution in [-0.4, -0.2) is 33.0 Å². The van der Waals surface area contributed by atoms with Gasteiger partial charge in [-0.05, 0) is 37.3 Å². The number of carbonyl (C=O) groups is 1. The number of rotatable bonds is 9. The van der Waals surface area contributed by atoms with Gasteiger partial charge in [-0.15, -0.1) is 10.2 Å². The first-order chi connectivity index (χ1) is 14.5. The van der Waals surface area contributed by atoms with Crippen LogP contribution < -0.4 is 14.8 Å². The van der Waals surface area contributed by atoms with Crippen LogP contribution in [0.5, 0.6) is 11.5 Å². The number of nitrogens with zero attached hydrogens (tertiary/aromatic N) is 3. The van der Waals surface area contributed by atoms with Crippen molar-refractivity contribution in [3.05, 3.63) is 58.3 Å². The first-order valence-corrected chi connectivity index (χ1v) is 10.8. The number of thioether (sulfide) groups is 1. The van der Waals surface area contributed by atoms with Gasteiger partial charge in [0.2, 0.25) is 5.91 Å². The summed E-state index contributed by atoms with van der Waals surface area (Å²) in [4.78, 5) is 12.3. The third-order valence-electron chi connectivity index (χ3n) is 3.97. The quantitative estimate of drug-likeness (QED) is 0.455. The van der Waals surface area contributed by atoms with Crippen LogP contribution in [0.3, 0.4) is 0 Å². The van der Waals surface area contributed by atoms with E-state index >= 15 is 0 Å². The highest BCUT2D eigenvalue weighted by Crippen LogP contribution is 2.28. The highest BCUT2D eigenvalue weighted by atomic mass is 35.5. The van der Waals surface area contributed by atoms with E-state index in [9.17, 15) is 4.79 Å². The van der Waals surface area contributed by atoms with Gasteiger partial charge in [-0.25, -0.2) is 0 Å². The van der Waals surface area contributed by atoms with E-state index in [2.05, 4.69) is 15.5 Å². The Bertz CT molecular complexity index is 1030. The number of aromatic nitrogens is 3. The number of nitrogens with one attached hydrogen (secondary N) is 1. The Kier molecular flexibility index (Phi) is 7.84. The van der Waals surface area contributed by atoms with Crippen LogP contribution in [0.4, 0.5) is 5.69 Å². The molecule has 10 heteroatoms. The maximum absolute atomic E-state index is 12.3. The number of halogens is 2. The maximum Gasteiger partial charge on any atom is 0.234 e. The highest BCUT2D eigenvalue weighted by Gasteiger charge is 2.14. The number of benzene rings is 2. The lowest BCUT2D eigenvalue weighted by molar-refractivity contribution is -0.113. The van der Waals surface area contributed by atoms with Crippen molar-refractivity contribution in [1.29, 1.82) is 0 Å². The number of amides is 1. The van der Waals surface area contributed by atoms with E-state index in [1.54, 1.807) is 28.8 Å². The summed E-state index contributed by atoms with van der Waals surface area (Å²) in [6.07, 6.45) is 0. The summed E-state index contributed by atoms with van der Waals surface area (Å²) < 4.78 is 13.0. The SMILES string of the molecule is CCOc1ccccc1NC(=O)CSc1nnc(COc2ccc(Cl)cc2Cl)n1C. The zero-order chi connectivity index (χ0) is 21.5. The Morgan fingerprint density at radius 2 is 1.93 bits per heavy atom. The minimum atomic E-state index is -0.166. The zero-order valence-corrected chi connectivity index (χ0v) is 18.7. The van der Waals surface area contributed by atoms with E-state index in [4.69, 9.17) is 32.7 Å². The molecule has 1 aromatic heterocycles. The van der Waals surface area contributed by atoms with Crippen LogP contribution >= 0.6 is 35.0 Å². The molecule has 158 valence electrons. The molecule has 0 spiro atoms. The van der Waals surface area contributed by atoms with Crippen LogP contribution in [0, 0.1) is 0 Å². The molecule has 3 aromatic rings. The van der Waals surface area contributed by atoms with Crippen LogP contribution in [0.15, 0.2) is 47.6 Å². The molecule has 0 atom stereocenters. The Hall–Kier alpha value is -2.42. The molecule has 0 saturated carbocycles. The average molecular weight is 467 g/mol. The molecule has 0 radical (unpaired) electrons. The molecule has 7 nitrogen and oxygen atoms in total. The molecule has 30 heavy (non-hydrogen) atoms. The van der Waals surface area contributed by atoms with Crippen molar-refractivity contribution in [2.45, 2.75) is 18.7 Å². The molecule has 0 saturated heterocycles. The first-order valence-electron chi connectivity index (χ1n) is 9.08. The fourth-order valence-electron chi connectivity index (χ4n) is 2.50. The Balaban J connectivity index is 1.55. The molecule has 0 aliphatic heterocycles. The summed E-state index contributed by atoms with van der Waals surface area (Å²) in [7, 11) is 1.81. The summed E-state index contributed by atoms with van der Waals surface area (Å²) in [5, 5.41) is 12.7. The summed E-state index contributed by atoms with van der Waals surface area (Å²) in [6.45, 7) is 2.59. The van der Waals surface area contributed by atoms with Gasteiger partial charge in [0.1, 0.15) is 18.1 Å². The van der Waals surface area contributed by atoms with E-state index < -0.39 is 0 Å². The molecule has 1 amide bonds. The molecule has 1 heterocycles. The molecular weight excluding hydrogens is 447 g/mol. The lowest BCUT2D eigenvalue weighted by atomic mass is 10.3. The number of hydrogen-bond donors (Lipinski definition) is 1. The topological polar surface area (TPSA) is 78.3 Å². The second kappa shape index (κ2) is 10.6. The number of carbonyl (C=O) groups excluding carboxylic acids is 1. The molecule has 0 unspecified atom stereocenters. The van der Waals surface area contributed by atoms with Crippen molar-refractivity contribution in [2.75, 3.05) is 17.7 Å². The van der Waals surface area contributed by atoms with Crippen LogP contribution in [0.2, 0.25) is 10.0 Å². The normalized spacial score (nSPS) is 10.7. The van der Waals surface area contributed by atoms with Crippen molar-refractivity contribution in [3.63, 3.8) is 0 Å². The van der Waals surface area contributed by atoms with Crippen molar-refractivity contribution in [1.82, 2.24) is 14.8 Å². The van der Waals surface area contributed by atoms with E-state index in [-0.39, 0.29) is 18.3 Å². The number of ether oxygens (including phenoxy) is 2. The largest absolute Gasteiger partial charge is 0.492 e. The van der Waals surface area contributed by atoms with E-state index in [1.165, 1.54) is 11.8 Å². The van der Waals surface area contributed by atoms with Gasteiger partial charge in [-0.2, -0.15) is 0 Å². The molecular formula is C20H20Cl2N4O3S. The van der Waals surface area contributed by atoms with Gasteiger partial charge < -0.3 is 19.4 Å². The Morgan fingerprint density at radius 3 is 2.70 bits per heavy atom. The van der Waals surface area contributed by atoms with Gasteiger partial charge in [-0.3, -0.25) is 4.79 Å². The fraction of sp³-hybridized carbons (Fsp3) is 0.250. The van der Waals surface area contributed by atoms with Gasteiger partial charge in [0.25, 0.3) is 0 Å². The van der Waals surface area contributed by atoms with Gasteiger partial charge >= 0.3 is 0 Å². The molecule has 0 aliphatic carbocycles. The lowest BCUT2D eigenvalue weighted by Crippen LogP contribution is -2.15. The van der Waals surface area contributed by atoms with E-state index in [0.717, 1.165) is 0 Å². The Labute approximate surface area is 188 Å². The minimum Gasteiger partial charge on any atom is -0.492 e. The molecule has 0 aliphatic rings. The van der Waals surface area contributed by atoms with Gasteiger partial charge in [0, 0.05) is 12.1 Å². The van der Waals surface area contributed by atoms with Crippen molar-refractivity contribution >= 4 is 46.6 Å². The van der Waals surface area contributed by atoms with Gasteiger partial charge in [-0.1, -0.05) is 47.1 Å². The Morgan fingerprint density at radius 1 is 1.13 bits per heavy atom. The molecule has 0 bridgehead atoms. The number of para-hydroxylation sites is 2. The second-order valence-electron chi connectivity index (χ2n) is 6.09. The third-order valence-corrected chi connectivity index (χ3v) is 5.52. The predicted octanol–water partition coefficient (Wildman–Crippen LogP) is 4.83. The van der Waals surface area contributed by atoms with Gasteiger partial charge in [0.15, 0.2) is 11.0 Å². The lowest BCUT2D eigenvalue weighted by Gasteiger charge is -2.11. The van der Waals surface area contributed by atoms with Crippen molar-refractivity contribution in [3.8, 4) is 11.5 Å². The number of anilines is 1. The summed E-state index contributed by atoms with van der Waals surface area (Å²) in [6, 6.07) is 12.3. The maximum atomic E-state index is 12.3. The van der Waals surface area contributed by atoms with E-state index in [1.807, 2.05) is 32.2 Å². The van der Waals surface area contributed by atoms with Crippen molar-refractivity contribution in [2.24, 2.45) is 7.05 Å². The highest BCUT2D eigenvalue weighted by molar-refractivity contribution is 7.99.